The quantitative estimate of drug-likeness (QED) is 0.922. The molecule has 4 heteroatoms. The van der Waals surface area contributed by atoms with Crippen LogP contribution in [-0.4, -0.2) is 11.1 Å². The zero-order valence-corrected chi connectivity index (χ0v) is 14.0. The topological polar surface area (TPSA) is 65.9 Å². The van der Waals surface area contributed by atoms with Gasteiger partial charge in [-0.15, -0.1) is 0 Å². The summed E-state index contributed by atoms with van der Waals surface area (Å²) in [4.78, 5) is 14.6. The van der Waals surface area contributed by atoms with Crippen LogP contribution in [0.25, 0.3) is 11.1 Å². The van der Waals surface area contributed by atoms with Crippen molar-refractivity contribution in [1.29, 1.82) is 5.26 Å². The summed E-state index contributed by atoms with van der Waals surface area (Å²) >= 11 is 0. The van der Waals surface area contributed by atoms with Gasteiger partial charge in [-0.3, -0.25) is 4.79 Å². The molecule has 0 unspecified atom stereocenters. The van der Waals surface area contributed by atoms with Crippen LogP contribution in [0.2, 0.25) is 0 Å². The maximum Gasteiger partial charge on any atom is 0.266 e. The number of nitrogens with one attached hydrogen (secondary N) is 1. The van der Waals surface area contributed by atoms with E-state index in [1.807, 2.05) is 43.3 Å². The average molecular weight is 322 g/mol. The third kappa shape index (κ3) is 3.74. The zero-order chi connectivity index (χ0) is 16.9. The van der Waals surface area contributed by atoms with Gasteiger partial charge in [0.1, 0.15) is 11.6 Å². The van der Waals surface area contributed by atoms with Crippen LogP contribution < -0.4 is 5.56 Å². The third-order valence-electron chi connectivity index (χ3n) is 4.58. The van der Waals surface area contributed by atoms with E-state index in [-0.39, 0.29) is 11.1 Å². The minimum absolute atomic E-state index is 0.159. The van der Waals surface area contributed by atoms with Gasteiger partial charge in [-0.1, -0.05) is 43.5 Å². The number of aryl methyl sites for hydroxylation is 1. The summed E-state index contributed by atoms with van der Waals surface area (Å²) in [6, 6.07) is 11.8. The van der Waals surface area contributed by atoms with E-state index in [4.69, 9.17) is 4.74 Å². The van der Waals surface area contributed by atoms with Crippen molar-refractivity contribution in [1.82, 2.24) is 4.98 Å². The van der Waals surface area contributed by atoms with E-state index in [2.05, 4.69) is 4.98 Å². The molecule has 3 rings (SSSR count). The number of rotatable bonds is 4. The number of benzene rings is 1. The molecule has 1 aromatic heterocycles. The lowest BCUT2D eigenvalue weighted by Gasteiger charge is -2.22. The van der Waals surface area contributed by atoms with Crippen LogP contribution in [-0.2, 0) is 11.3 Å². The summed E-state index contributed by atoms with van der Waals surface area (Å²) in [6.07, 6.45) is 6.57. The van der Waals surface area contributed by atoms with Crippen LogP contribution in [0.15, 0.2) is 35.1 Å². The van der Waals surface area contributed by atoms with E-state index in [1.54, 1.807) is 0 Å². The van der Waals surface area contributed by atoms with Gasteiger partial charge in [0.15, 0.2) is 0 Å². The molecule has 0 saturated heterocycles. The van der Waals surface area contributed by atoms with Crippen molar-refractivity contribution in [3.8, 4) is 17.2 Å². The number of aromatic amines is 1. The molecule has 1 N–H and O–H groups in total. The summed E-state index contributed by atoms with van der Waals surface area (Å²) in [6.45, 7) is 2.43. The molecule has 0 atom stereocenters. The first kappa shape index (κ1) is 16.5. The molecule has 1 saturated carbocycles. The van der Waals surface area contributed by atoms with E-state index in [0.717, 1.165) is 29.7 Å². The highest BCUT2D eigenvalue weighted by Gasteiger charge is 2.14. The van der Waals surface area contributed by atoms with Crippen LogP contribution >= 0.6 is 0 Å². The third-order valence-corrected chi connectivity index (χ3v) is 4.58. The zero-order valence-electron chi connectivity index (χ0n) is 14.0. The van der Waals surface area contributed by atoms with Gasteiger partial charge in [-0.2, -0.15) is 5.26 Å². The summed E-state index contributed by atoms with van der Waals surface area (Å²) in [5.41, 5.74) is 3.24. The molecule has 1 aliphatic rings. The number of ether oxygens (including phenoxy) is 1. The molecular formula is C20H22N2O2. The monoisotopic (exact) mass is 322 g/mol. The Morgan fingerprint density at radius 3 is 2.58 bits per heavy atom. The number of hydrogen-bond donors (Lipinski definition) is 1. The highest BCUT2D eigenvalue weighted by Crippen LogP contribution is 2.24. The fourth-order valence-corrected chi connectivity index (χ4v) is 3.25. The minimum atomic E-state index is -0.336. The highest BCUT2D eigenvalue weighted by atomic mass is 16.5. The number of aromatic nitrogens is 1. The molecule has 0 aliphatic heterocycles. The van der Waals surface area contributed by atoms with Crippen molar-refractivity contribution >= 4 is 0 Å². The van der Waals surface area contributed by atoms with Crippen molar-refractivity contribution in [2.24, 2.45) is 0 Å². The smallest absolute Gasteiger partial charge is 0.266 e. The Morgan fingerprint density at radius 1 is 1.21 bits per heavy atom. The lowest BCUT2D eigenvalue weighted by molar-refractivity contribution is 0.0169. The Hall–Kier alpha value is -2.38. The number of pyridine rings is 1. The normalized spacial score (nSPS) is 15.2. The molecule has 0 spiro atoms. The predicted molar refractivity (Wildman–Crippen MR) is 93.6 cm³/mol. The maximum atomic E-state index is 11.9. The fraction of sp³-hybridized carbons (Fsp3) is 0.400. The van der Waals surface area contributed by atoms with Crippen molar-refractivity contribution in [3.63, 3.8) is 0 Å². The Bertz CT molecular complexity index is 794. The highest BCUT2D eigenvalue weighted by molar-refractivity contribution is 5.70. The molecule has 124 valence electrons. The van der Waals surface area contributed by atoms with Crippen LogP contribution in [0.1, 0.15) is 48.9 Å². The lowest BCUT2D eigenvalue weighted by atomic mass is 9.97. The molecular weight excluding hydrogens is 300 g/mol. The minimum Gasteiger partial charge on any atom is -0.374 e. The number of hydrogen-bond acceptors (Lipinski definition) is 3. The summed E-state index contributed by atoms with van der Waals surface area (Å²) in [5.74, 6) is 0. The molecule has 2 aromatic rings. The first-order valence-electron chi connectivity index (χ1n) is 8.52. The van der Waals surface area contributed by atoms with Crippen LogP contribution in [0.3, 0.4) is 0 Å². The van der Waals surface area contributed by atoms with E-state index < -0.39 is 0 Å². The lowest BCUT2D eigenvalue weighted by Crippen LogP contribution is -2.16. The van der Waals surface area contributed by atoms with E-state index >= 15 is 0 Å². The molecule has 4 nitrogen and oxygen atoms in total. The van der Waals surface area contributed by atoms with Crippen molar-refractivity contribution in [3.05, 3.63) is 57.5 Å². The first-order valence-corrected chi connectivity index (χ1v) is 8.52. The van der Waals surface area contributed by atoms with Crippen molar-refractivity contribution in [2.75, 3.05) is 0 Å². The van der Waals surface area contributed by atoms with E-state index in [1.165, 1.54) is 19.3 Å². The standard InChI is InChI=1S/C20H22N2O2/c1-14-11-18(19(12-21)20(23)22-14)16-9-7-15(8-10-16)13-24-17-5-3-2-4-6-17/h7-11,17H,2-6,13H2,1H3,(H,22,23). The van der Waals surface area contributed by atoms with Crippen LogP contribution in [0.4, 0.5) is 0 Å². The van der Waals surface area contributed by atoms with Gasteiger partial charge in [0.2, 0.25) is 0 Å². The van der Waals surface area contributed by atoms with Gasteiger partial charge in [0, 0.05) is 11.3 Å². The molecule has 1 fully saturated rings. The second kappa shape index (κ2) is 7.46. The van der Waals surface area contributed by atoms with Crippen LogP contribution in [0, 0.1) is 18.3 Å². The Morgan fingerprint density at radius 2 is 1.92 bits per heavy atom. The van der Waals surface area contributed by atoms with Crippen LogP contribution in [0.5, 0.6) is 0 Å². The maximum absolute atomic E-state index is 11.9. The van der Waals surface area contributed by atoms with E-state index in [0.29, 0.717) is 18.3 Å². The summed E-state index contributed by atoms with van der Waals surface area (Å²) in [5, 5.41) is 9.24. The Labute approximate surface area is 142 Å². The van der Waals surface area contributed by atoms with Gasteiger partial charge in [0.05, 0.1) is 12.7 Å². The average Bonchev–Trinajstić information content (AvgIpc) is 2.61. The largest absolute Gasteiger partial charge is 0.374 e. The van der Waals surface area contributed by atoms with Gasteiger partial charge in [-0.25, -0.2) is 0 Å². The molecule has 1 heterocycles. The van der Waals surface area contributed by atoms with Gasteiger partial charge >= 0.3 is 0 Å². The summed E-state index contributed by atoms with van der Waals surface area (Å²) < 4.78 is 5.99. The molecule has 24 heavy (non-hydrogen) atoms. The Balaban J connectivity index is 1.75. The Kier molecular flexibility index (Phi) is 5.12. The van der Waals surface area contributed by atoms with Crippen molar-refractivity contribution in [2.45, 2.75) is 51.7 Å². The van der Waals surface area contributed by atoms with E-state index in [9.17, 15) is 10.1 Å². The SMILES string of the molecule is Cc1cc(-c2ccc(COC3CCCCC3)cc2)c(C#N)c(=O)[nH]1. The fourth-order valence-electron chi connectivity index (χ4n) is 3.25. The number of nitriles is 1. The number of nitrogens with zero attached hydrogens (tertiary/aromatic N) is 1. The molecule has 0 bridgehead atoms. The second-order valence-corrected chi connectivity index (χ2v) is 6.45. The van der Waals surface area contributed by atoms with Gasteiger partial charge in [-0.05, 0) is 37.0 Å². The predicted octanol–water partition coefficient (Wildman–Crippen LogP) is 4.07. The molecule has 0 amide bonds. The second-order valence-electron chi connectivity index (χ2n) is 6.45. The first-order chi connectivity index (χ1) is 11.7. The molecule has 0 radical (unpaired) electrons. The summed E-state index contributed by atoms with van der Waals surface area (Å²) in [7, 11) is 0. The molecule has 1 aromatic carbocycles. The van der Waals surface area contributed by atoms with Crippen molar-refractivity contribution < 1.29 is 4.74 Å². The number of H-pyrrole nitrogens is 1. The van der Waals surface area contributed by atoms with Gasteiger partial charge in [0.25, 0.3) is 5.56 Å². The molecule has 1 aliphatic carbocycles. The van der Waals surface area contributed by atoms with Gasteiger partial charge < -0.3 is 9.72 Å².